The molecule has 7 heteroatoms. The van der Waals surface area contributed by atoms with Crippen LogP contribution in [0.2, 0.25) is 0 Å². The highest BCUT2D eigenvalue weighted by Gasteiger charge is 2.11. The fourth-order valence-electron chi connectivity index (χ4n) is 2.75. The van der Waals surface area contributed by atoms with Crippen LogP contribution in [0.25, 0.3) is 0 Å². The van der Waals surface area contributed by atoms with E-state index in [0.717, 1.165) is 5.56 Å². The first-order chi connectivity index (χ1) is 13.3. The standard InChI is InChI=1S/C21H27N3O4/c1-23(2)21(26)16-7-9-17(10-8-16)22-20(25)14-24(3)13-15-6-11-18(27-4)19(12-15)28-5/h6-12H,13-14H2,1-5H3,(H,22,25). The number of benzene rings is 2. The van der Waals surface area contributed by atoms with Gasteiger partial charge in [0.1, 0.15) is 0 Å². The molecule has 28 heavy (non-hydrogen) atoms. The summed E-state index contributed by atoms with van der Waals surface area (Å²) in [6.07, 6.45) is 0. The van der Waals surface area contributed by atoms with Gasteiger partial charge in [-0.25, -0.2) is 0 Å². The van der Waals surface area contributed by atoms with Crippen molar-refractivity contribution in [3.63, 3.8) is 0 Å². The fraction of sp³-hybridized carbons (Fsp3) is 0.333. The number of hydrogen-bond acceptors (Lipinski definition) is 5. The fourth-order valence-corrected chi connectivity index (χ4v) is 2.75. The highest BCUT2D eigenvalue weighted by molar-refractivity contribution is 5.96. The largest absolute Gasteiger partial charge is 0.493 e. The third kappa shape index (κ3) is 5.72. The number of methoxy groups -OCH3 is 2. The summed E-state index contributed by atoms with van der Waals surface area (Å²) in [5, 5.41) is 2.84. The second-order valence-corrected chi connectivity index (χ2v) is 6.69. The molecule has 0 fully saturated rings. The minimum absolute atomic E-state index is 0.0764. The van der Waals surface area contributed by atoms with E-state index in [9.17, 15) is 9.59 Å². The van der Waals surface area contributed by atoms with E-state index in [-0.39, 0.29) is 18.4 Å². The van der Waals surface area contributed by atoms with Gasteiger partial charge in [0, 0.05) is 31.9 Å². The van der Waals surface area contributed by atoms with Crippen LogP contribution in [-0.2, 0) is 11.3 Å². The molecule has 0 saturated carbocycles. The molecule has 0 saturated heterocycles. The maximum absolute atomic E-state index is 12.3. The molecule has 0 aliphatic rings. The van der Waals surface area contributed by atoms with Gasteiger partial charge in [0.05, 0.1) is 20.8 Å². The molecule has 0 atom stereocenters. The van der Waals surface area contributed by atoms with Crippen LogP contribution in [0.5, 0.6) is 11.5 Å². The Morgan fingerprint density at radius 2 is 1.57 bits per heavy atom. The van der Waals surface area contributed by atoms with Crippen molar-refractivity contribution in [2.75, 3.05) is 47.2 Å². The third-order valence-corrected chi connectivity index (χ3v) is 4.14. The number of carbonyl (C=O) groups excluding carboxylic acids is 2. The Kier molecular flexibility index (Phi) is 7.40. The number of nitrogens with zero attached hydrogens (tertiary/aromatic N) is 2. The molecule has 0 spiro atoms. The van der Waals surface area contributed by atoms with E-state index in [2.05, 4.69) is 5.32 Å². The van der Waals surface area contributed by atoms with E-state index in [4.69, 9.17) is 9.47 Å². The second kappa shape index (κ2) is 9.75. The van der Waals surface area contributed by atoms with Crippen LogP contribution in [0.4, 0.5) is 5.69 Å². The van der Waals surface area contributed by atoms with Gasteiger partial charge < -0.3 is 19.7 Å². The normalized spacial score (nSPS) is 10.5. The topological polar surface area (TPSA) is 71.1 Å². The summed E-state index contributed by atoms with van der Waals surface area (Å²) in [5.74, 6) is 1.12. The number of amides is 2. The Balaban J connectivity index is 1.91. The summed E-state index contributed by atoms with van der Waals surface area (Å²) in [6.45, 7) is 0.816. The molecule has 7 nitrogen and oxygen atoms in total. The number of hydrogen-bond donors (Lipinski definition) is 1. The zero-order valence-electron chi connectivity index (χ0n) is 17.0. The van der Waals surface area contributed by atoms with Crippen molar-refractivity contribution in [3.8, 4) is 11.5 Å². The van der Waals surface area contributed by atoms with Gasteiger partial charge in [0.15, 0.2) is 11.5 Å². The first-order valence-corrected chi connectivity index (χ1v) is 8.85. The third-order valence-electron chi connectivity index (χ3n) is 4.14. The van der Waals surface area contributed by atoms with Gasteiger partial charge in [-0.05, 0) is 49.0 Å². The first-order valence-electron chi connectivity index (χ1n) is 8.85. The smallest absolute Gasteiger partial charge is 0.253 e. The molecule has 0 radical (unpaired) electrons. The molecule has 150 valence electrons. The van der Waals surface area contributed by atoms with Gasteiger partial charge in [-0.1, -0.05) is 6.07 Å². The van der Waals surface area contributed by atoms with E-state index in [1.54, 1.807) is 52.6 Å². The van der Waals surface area contributed by atoms with Crippen molar-refractivity contribution in [2.45, 2.75) is 6.54 Å². The second-order valence-electron chi connectivity index (χ2n) is 6.69. The molecular formula is C21H27N3O4. The lowest BCUT2D eigenvalue weighted by Crippen LogP contribution is -2.29. The number of anilines is 1. The number of nitrogens with one attached hydrogen (secondary N) is 1. The lowest BCUT2D eigenvalue weighted by molar-refractivity contribution is -0.117. The van der Waals surface area contributed by atoms with Crippen LogP contribution in [0.1, 0.15) is 15.9 Å². The molecule has 0 unspecified atom stereocenters. The van der Waals surface area contributed by atoms with Crippen LogP contribution in [0, 0.1) is 0 Å². The summed E-state index contributed by atoms with van der Waals surface area (Å²) in [7, 11) is 8.46. The van der Waals surface area contributed by atoms with E-state index >= 15 is 0 Å². The van der Waals surface area contributed by atoms with Gasteiger partial charge in [-0.2, -0.15) is 0 Å². The summed E-state index contributed by atoms with van der Waals surface area (Å²) in [5.41, 5.74) is 2.24. The van der Waals surface area contributed by atoms with Crippen LogP contribution >= 0.6 is 0 Å². The summed E-state index contributed by atoms with van der Waals surface area (Å²) >= 11 is 0. The Bertz CT molecular complexity index is 819. The monoisotopic (exact) mass is 385 g/mol. The van der Waals surface area contributed by atoms with Crippen LogP contribution in [-0.4, -0.2) is 63.5 Å². The Hall–Kier alpha value is -3.06. The molecule has 0 aromatic heterocycles. The molecule has 0 aliphatic heterocycles. The van der Waals surface area contributed by atoms with Gasteiger partial charge in [-0.15, -0.1) is 0 Å². The molecule has 2 aromatic carbocycles. The lowest BCUT2D eigenvalue weighted by Gasteiger charge is -2.17. The molecule has 2 amide bonds. The Morgan fingerprint density at radius 3 is 2.14 bits per heavy atom. The highest BCUT2D eigenvalue weighted by Crippen LogP contribution is 2.27. The SMILES string of the molecule is COc1ccc(CN(C)CC(=O)Nc2ccc(C(=O)N(C)C)cc2)cc1OC. The summed E-state index contributed by atoms with van der Waals surface area (Å²) in [4.78, 5) is 27.6. The highest BCUT2D eigenvalue weighted by atomic mass is 16.5. The number of ether oxygens (including phenoxy) is 2. The number of likely N-dealkylation sites (N-methyl/N-ethyl adjacent to an activating group) is 1. The van der Waals surface area contributed by atoms with Crippen LogP contribution < -0.4 is 14.8 Å². The van der Waals surface area contributed by atoms with Crippen LogP contribution in [0.3, 0.4) is 0 Å². The molecular weight excluding hydrogens is 358 g/mol. The maximum Gasteiger partial charge on any atom is 0.253 e. The molecule has 0 aliphatic carbocycles. The van der Waals surface area contributed by atoms with E-state index in [0.29, 0.717) is 29.3 Å². The molecule has 1 N–H and O–H groups in total. The Labute approximate surface area is 165 Å². The molecule has 2 aromatic rings. The summed E-state index contributed by atoms with van der Waals surface area (Å²) in [6, 6.07) is 12.5. The maximum atomic E-state index is 12.3. The minimum Gasteiger partial charge on any atom is -0.493 e. The molecule has 0 bridgehead atoms. The van der Waals surface area contributed by atoms with Crippen molar-refractivity contribution in [3.05, 3.63) is 53.6 Å². The first kappa shape index (κ1) is 21.2. The minimum atomic E-state index is -0.130. The zero-order valence-corrected chi connectivity index (χ0v) is 17.0. The Morgan fingerprint density at radius 1 is 0.929 bits per heavy atom. The van der Waals surface area contributed by atoms with E-state index in [1.807, 2.05) is 30.1 Å². The molecule has 2 rings (SSSR count). The lowest BCUT2D eigenvalue weighted by atomic mass is 10.2. The van der Waals surface area contributed by atoms with Crippen molar-refractivity contribution < 1.29 is 19.1 Å². The van der Waals surface area contributed by atoms with E-state index in [1.165, 1.54) is 4.90 Å². The molecule has 0 heterocycles. The predicted molar refractivity (Wildman–Crippen MR) is 109 cm³/mol. The average molecular weight is 385 g/mol. The van der Waals surface area contributed by atoms with Crippen LogP contribution in [0.15, 0.2) is 42.5 Å². The predicted octanol–water partition coefficient (Wildman–Crippen LogP) is 2.48. The van der Waals surface area contributed by atoms with Gasteiger partial charge >= 0.3 is 0 Å². The van der Waals surface area contributed by atoms with Gasteiger partial charge in [0.2, 0.25) is 5.91 Å². The zero-order chi connectivity index (χ0) is 20.7. The van der Waals surface area contributed by atoms with Crippen molar-refractivity contribution in [2.24, 2.45) is 0 Å². The quantitative estimate of drug-likeness (QED) is 0.756. The van der Waals surface area contributed by atoms with E-state index < -0.39 is 0 Å². The van der Waals surface area contributed by atoms with Gasteiger partial charge in [-0.3, -0.25) is 14.5 Å². The summed E-state index contributed by atoms with van der Waals surface area (Å²) < 4.78 is 10.5. The number of rotatable bonds is 8. The van der Waals surface area contributed by atoms with Gasteiger partial charge in [0.25, 0.3) is 5.91 Å². The van der Waals surface area contributed by atoms with Crippen molar-refractivity contribution in [1.29, 1.82) is 0 Å². The number of carbonyl (C=O) groups is 2. The van der Waals surface area contributed by atoms with Crippen molar-refractivity contribution in [1.82, 2.24) is 9.80 Å². The average Bonchev–Trinajstić information content (AvgIpc) is 2.67. The van der Waals surface area contributed by atoms with Crippen molar-refractivity contribution >= 4 is 17.5 Å².